The first kappa shape index (κ1) is 24.4. The summed E-state index contributed by atoms with van der Waals surface area (Å²) in [6.45, 7) is 7.86. The van der Waals surface area contributed by atoms with Crippen molar-refractivity contribution < 1.29 is 19.4 Å². The Kier molecular flexibility index (Phi) is 9.53. The first-order valence-electron chi connectivity index (χ1n) is 10.8. The number of hydrogen-bond donors (Lipinski definition) is 3. The molecule has 0 aromatic heterocycles. The molecule has 0 saturated carbocycles. The van der Waals surface area contributed by atoms with Crippen LogP contribution in [0.4, 0.5) is 0 Å². The summed E-state index contributed by atoms with van der Waals surface area (Å²) in [7, 11) is 0. The van der Waals surface area contributed by atoms with Gasteiger partial charge in [-0.1, -0.05) is 56.3 Å². The molecule has 2 aromatic carbocycles. The van der Waals surface area contributed by atoms with Gasteiger partial charge in [0.05, 0.1) is 12.1 Å². The molecule has 0 heterocycles. The third kappa shape index (κ3) is 8.80. The maximum atomic E-state index is 12.9. The van der Waals surface area contributed by atoms with Crippen LogP contribution in [0.2, 0.25) is 0 Å². The van der Waals surface area contributed by atoms with Gasteiger partial charge in [0.25, 0.3) is 0 Å². The van der Waals surface area contributed by atoms with Gasteiger partial charge in [0.1, 0.15) is 11.8 Å². The van der Waals surface area contributed by atoms with Crippen molar-refractivity contribution in [3.05, 3.63) is 65.7 Å². The van der Waals surface area contributed by atoms with Crippen molar-refractivity contribution in [2.24, 2.45) is 0 Å². The quantitative estimate of drug-likeness (QED) is 0.483. The monoisotopic (exact) mass is 426 g/mol. The average molecular weight is 427 g/mol. The summed E-state index contributed by atoms with van der Waals surface area (Å²) in [5.74, 6) is -0.549. The van der Waals surface area contributed by atoms with E-state index < -0.39 is 18.1 Å². The summed E-state index contributed by atoms with van der Waals surface area (Å²) >= 11 is 0. The van der Waals surface area contributed by atoms with Crippen LogP contribution in [0.25, 0.3) is 0 Å². The lowest BCUT2D eigenvalue weighted by Crippen LogP contribution is -2.52. The van der Waals surface area contributed by atoms with Crippen molar-refractivity contribution in [2.75, 3.05) is 0 Å². The molecule has 0 fully saturated rings. The van der Waals surface area contributed by atoms with E-state index in [2.05, 4.69) is 10.6 Å². The Hall–Kier alpha value is -2.86. The zero-order chi connectivity index (χ0) is 22.8. The smallest absolute Gasteiger partial charge is 0.326 e. The Morgan fingerprint density at radius 3 is 2.10 bits per heavy atom. The third-order valence-corrected chi connectivity index (χ3v) is 4.77. The van der Waals surface area contributed by atoms with Crippen molar-refractivity contribution in [1.82, 2.24) is 10.6 Å². The molecule has 0 aliphatic heterocycles. The fraction of sp³-hybridized carbons (Fsp3) is 0.440. The molecule has 168 valence electrons. The Bertz CT molecular complexity index is 819. The first-order valence-corrected chi connectivity index (χ1v) is 10.8. The molecule has 0 spiro atoms. The number of aryl methyl sites for hydroxylation is 1. The molecule has 0 bridgehead atoms. The van der Waals surface area contributed by atoms with E-state index in [4.69, 9.17) is 4.74 Å². The molecular weight excluding hydrogens is 392 g/mol. The molecule has 0 saturated heterocycles. The van der Waals surface area contributed by atoms with Crippen molar-refractivity contribution in [1.29, 1.82) is 0 Å². The number of carbonyl (C=O) groups is 2. The minimum absolute atomic E-state index is 0.0920. The highest BCUT2D eigenvalue weighted by Crippen LogP contribution is 2.15. The number of ether oxygens (including phenoxy) is 1. The van der Waals surface area contributed by atoms with Crippen LogP contribution in [0.3, 0.4) is 0 Å². The molecule has 2 aromatic rings. The summed E-state index contributed by atoms with van der Waals surface area (Å²) < 4.78 is 5.63. The van der Waals surface area contributed by atoms with Crippen LogP contribution in [-0.4, -0.2) is 41.2 Å². The van der Waals surface area contributed by atoms with Gasteiger partial charge in [-0.3, -0.25) is 4.79 Å². The Labute approximate surface area is 185 Å². The van der Waals surface area contributed by atoms with Gasteiger partial charge in [-0.25, -0.2) is 4.79 Å². The molecule has 2 atom stereocenters. The molecule has 0 radical (unpaired) electrons. The van der Waals surface area contributed by atoms with Crippen LogP contribution in [0.15, 0.2) is 54.6 Å². The minimum atomic E-state index is -1.03. The molecule has 31 heavy (non-hydrogen) atoms. The zero-order valence-corrected chi connectivity index (χ0v) is 18.8. The highest BCUT2D eigenvalue weighted by Gasteiger charge is 2.25. The topological polar surface area (TPSA) is 87.7 Å². The van der Waals surface area contributed by atoms with E-state index in [0.29, 0.717) is 19.3 Å². The summed E-state index contributed by atoms with van der Waals surface area (Å²) in [6.07, 6.45) is 1.44. The van der Waals surface area contributed by atoms with Gasteiger partial charge in [0.2, 0.25) is 5.91 Å². The molecule has 3 N–H and O–H groups in total. The normalized spacial score (nSPS) is 13.1. The number of nitrogens with one attached hydrogen (secondary N) is 2. The van der Waals surface area contributed by atoms with Gasteiger partial charge in [-0.15, -0.1) is 0 Å². The lowest BCUT2D eigenvalue weighted by Gasteiger charge is -2.23. The van der Waals surface area contributed by atoms with Gasteiger partial charge >= 0.3 is 5.97 Å². The first-order chi connectivity index (χ1) is 14.7. The van der Waals surface area contributed by atoms with Gasteiger partial charge < -0.3 is 20.5 Å². The molecule has 0 aliphatic carbocycles. The molecule has 0 aliphatic rings. The third-order valence-electron chi connectivity index (χ3n) is 4.77. The van der Waals surface area contributed by atoms with E-state index in [1.165, 1.54) is 0 Å². The number of aliphatic carboxylic acids is 1. The van der Waals surface area contributed by atoms with E-state index >= 15 is 0 Å². The van der Waals surface area contributed by atoms with Crippen molar-refractivity contribution in [2.45, 2.75) is 71.2 Å². The SMILES string of the molecule is CC(C)N[C@@H](Cc1ccccc1)C(=O)N[C@H](CCc1ccc(OC(C)C)cc1)C(=O)O. The van der Waals surface area contributed by atoms with Crippen LogP contribution >= 0.6 is 0 Å². The molecule has 6 nitrogen and oxygen atoms in total. The maximum absolute atomic E-state index is 12.9. The molecule has 2 rings (SSSR count). The van der Waals surface area contributed by atoms with Crippen LogP contribution in [0, 0.1) is 0 Å². The summed E-state index contributed by atoms with van der Waals surface area (Å²) in [4.78, 5) is 24.7. The van der Waals surface area contributed by atoms with E-state index in [1.54, 1.807) is 0 Å². The second-order valence-electron chi connectivity index (χ2n) is 8.31. The van der Waals surface area contributed by atoms with E-state index in [0.717, 1.165) is 16.9 Å². The second-order valence-corrected chi connectivity index (χ2v) is 8.31. The van der Waals surface area contributed by atoms with E-state index in [-0.39, 0.29) is 18.1 Å². The Morgan fingerprint density at radius 1 is 0.903 bits per heavy atom. The van der Waals surface area contributed by atoms with Gasteiger partial charge in [-0.05, 0) is 56.4 Å². The number of benzene rings is 2. The highest BCUT2D eigenvalue weighted by atomic mass is 16.5. The number of rotatable bonds is 12. The number of carboxylic acids is 1. The van der Waals surface area contributed by atoms with Crippen LogP contribution in [0.5, 0.6) is 5.75 Å². The molecular formula is C25H34N2O4. The summed E-state index contributed by atoms with van der Waals surface area (Å²) in [6, 6.07) is 16.0. The average Bonchev–Trinajstić information content (AvgIpc) is 2.71. The van der Waals surface area contributed by atoms with Crippen LogP contribution in [0.1, 0.15) is 45.2 Å². The summed E-state index contributed by atoms with van der Waals surface area (Å²) in [5, 5.41) is 15.6. The van der Waals surface area contributed by atoms with Crippen molar-refractivity contribution >= 4 is 11.9 Å². The highest BCUT2D eigenvalue weighted by molar-refractivity contribution is 5.87. The van der Waals surface area contributed by atoms with Gasteiger partial charge in [0.15, 0.2) is 0 Å². The fourth-order valence-electron chi connectivity index (χ4n) is 3.33. The largest absolute Gasteiger partial charge is 0.491 e. The van der Waals surface area contributed by atoms with Crippen LogP contribution < -0.4 is 15.4 Å². The van der Waals surface area contributed by atoms with Gasteiger partial charge in [-0.2, -0.15) is 0 Å². The van der Waals surface area contributed by atoms with Crippen molar-refractivity contribution in [3.63, 3.8) is 0 Å². The molecule has 1 amide bonds. The van der Waals surface area contributed by atoms with Crippen molar-refractivity contribution in [3.8, 4) is 5.75 Å². The molecule has 0 unspecified atom stereocenters. The Balaban J connectivity index is 1.99. The standard InChI is InChI=1S/C25H34N2O4/c1-17(2)26-23(16-20-8-6-5-7-9-20)24(28)27-22(25(29)30)15-12-19-10-13-21(14-11-19)31-18(3)4/h5-11,13-14,17-18,22-23,26H,12,15-16H2,1-4H3,(H,27,28)(H,29,30)/t22-,23+/m1/s1. The lowest BCUT2D eigenvalue weighted by molar-refractivity contribution is -0.142. The second kappa shape index (κ2) is 12.1. The van der Waals surface area contributed by atoms with E-state index in [9.17, 15) is 14.7 Å². The van der Waals surface area contributed by atoms with Crippen LogP contribution in [-0.2, 0) is 22.4 Å². The van der Waals surface area contributed by atoms with Gasteiger partial charge in [0, 0.05) is 6.04 Å². The zero-order valence-electron chi connectivity index (χ0n) is 18.8. The Morgan fingerprint density at radius 2 is 1.55 bits per heavy atom. The van der Waals surface area contributed by atoms with E-state index in [1.807, 2.05) is 82.3 Å². The summed E-state index contributed by atoms with van der Waals surface area (Å²) in [5.41, 5.74) is 2.02. The number of hydrogen-bond acceptors (Lipinski definition) is 4. The predicted molar refractivity (Wildman–Crippen MR) is 122 cm³/mol. The minimum Gasteiger partial charge on any atom is -0.491 e. The number of carboxylic acid groups (broad SMARTS) is 1. The number of amides is 1. The fourth-order valence-corrected chi connectivity index (χ4v) is 3.33. The predicted octanol–water partition coefficient (Wildman–Crippen LogP) is 3.59. The lowest BCUT2D eigenvalue weighted by atomic mass is 10.0. The molecule has 6 heteroatoms. The maximum Gasteiger partial charge on any atom is 0.326 e. The number of carbonyl (C=O) groups excluding carboxylic acids is 1.